The van der Waals surface area contributed by atoms with E-state index in [4.69, 9.17) is 0 Å². The first-order valence-electron chi connectivity index (χ1n) is 11.3. The Morgan fingerprint density at radius 3 is 2.05 bits per heavy atom. The van der Waals surface area contributed by atoms with E-state index in [0.29, 0.717) is 22.8 Å². The predicted molar refractivity (Wildman–Crippen MR) is 125 cm³/mol. The minimum atomic E-state index is -4.79. The van der Waals surface area contributed by atoms with Crippen molar-refractivity contribution in [2.75, 3.05) is 5.32 Å². The first-order chi connectivity index (χ1) is 17.1. The second-order valence-electron chi connectivity index (χ2n) is 9.09. The summed E-state index contributed by atoms with van der Waals surface area (Å²) in [5.41, 5.74) is -0.876. The Morgan fingerprint density at radius 2 is 1.51 bits per heavy atom. The Kier molecular flexibility index (Phi) is 8.19. The van der Waals surface area contributed by atoms with E-state index in [1.54, 1.807) is 6.07 Å². The van der Waals surface area contributed by atoms with Crippen molar-refractivity contribution < 1.29 is 40.6 Å². The monoisotopic (exact) mass is 527 g/mol. The second-order valence-corrected chi connectivity index (χ2v) is 9.09. The van der Waals surface area contributed by atoms with Gasteiger partial charge < -0.3 is 10.4 Å². The van der Waals surface area contributed by atoms with Gasteiger partial charge in [-0.15, -0.1) is 0 Å². The summed E-state index contributed by atoms with van der Waals surface area (Å²) in [6.45, 7) is 3.32. The molecule has 0 saturated carbocycles. The molecule has 0 aliphatic heterocycles. The van der Waals surface area contributed by atoms with E-state index >= 15 is 0 Å². The van der Waals surface area contributed by atoms with Crippen LogP contribution in [-0.4, -0.2) is 11.1 Å². The number of anilines is 1. The molecule has 0 saturated heterocycles. The molecule has 0 heterocycles. The number of carbonyl (C=O) groups is 1. The molecule has 0 aromatic heterocycles. The lowest BCUT2D eigenvalue weighted by atomic mass is 9.88. The smallest absolute Gasteiger partial charge is 0.416 e. The number of rotatable bonds is 8. The zero-order chi connectivity index (χ0) is 27.5. The summed E-state index contributed by atoms with van der Waals surface area (Å²) in [5.74, 6) is -3.10. The maximum Gasteiger partial charge on any atom is 0.416 e. The van der Waals surface area contributed by atoms with Crippen LogP contribution in [0.4, 0.5) is 36.4 Å². The molecule has 0 amide bonds. The molecule has 1 atom stereocenters. The molecule has 3 rings (SSSR count). The maximum absolute atomic E-state index is 13.5. The lowest BCUT2D eigenvalue weighted by Gasteiger charge is -2.19. The molecule has 0 aliphatic rings. The molecule has 3 aromatic carbocycles. The van der Waals surface area contributed by atoms with Crippen LogP contribution in [0.1, 0.15) is 48.4 Å². The van der Waals surface area contributed by atoms with Gasteiger partial charge in [-0.3, -0.25) is 4.79 Å². The normalized spacial score (nSPS) is 13.0. The van der Waals surface area contributed by atoms with Crippen LogP contribution < -0.4 is 5.32 Å². The zero-order valence-corrected chi connectivity index (χ0v) is 19.8. The van der Waals surface area contributed by atoms with Gasteiger partial charge in [0, 0.05) is 12.2 Å². The van der Waals surface area contributed by atoms with Crippen LogP contribution in [0.2, 0.25) is 0 Å². The predicted octanol–water partition coefficient (Wildman–Crippen LogP) is 8.36. The highest BCUT2D eigenvalue weighted by Gasteiger charge is 2.34. The Hall–Kier alpha value is -3.56. The first kappa shape index (κ1) is 28.0. The maximum atomic E-state index is 13.5. The Labute approximate surface area is 208 Å². The summed E-state index contributed by atoms with van der Waals surface area (Å²) in [6, 6.07) is 11.1. The van der Waals surface area contributed by atoms with Crippen molar-refractivity contribution in [1.29, 1.82) is 0 Å². The molecule has 3 aromatic rings. The summed E-state index contributed by atoms with van der Waals surface area (Å²) in [6.07, 6.45) is -9.07. The van der Waals surface area contributed by atoms with E-state index in [1.165, 1.54) is 24.3 Å². The second kappa shape index (κ2) is 10.8. The molecule has 0 radical (unpaired) electrons. The summed E-state index contributed by atoms with van der Waals surface area (Å²) in [4.78, 5) is 12.0. The van der Waals surface area contributed by atoms with Crippen molar-refractivity contribution >= 4 is 11.7 Å². The molecule has 2 N–H and O–H groups in total. The van der Waals surface area contributed by atoms with Crippen molar-refractivity contribution in [2.45, 2.75) is 45.1 Å². The van der Waals surface area contributed by atoms with Crippen LogP contribution in [-0.2, 0) is 23.7 Å². The number of carboxylic acid groups (broad SMARTS) is 1. The SMILES string of the molecule is CC(C)CC(C(=O)O)c1cc(NCc2ccc(F)cc2C(F)(F)F)cc(-c2ccc(C(F)(F)F)cc2)c1. The van der Waals surface area contributed by atoms with Gasteiger partial charge in [0.15, 0.2) is 0 Å². The van der Waals surface area contributed by atoms with E-state index in [-0.39, 0.29) is 30.1 Å². The van der Waals surface area contributed by atoms with Crippen LogP contribution >= 0.6 is 0 Å². The quantitative estimate of drug-likeness (QED) is 0.290. The molecular formula is C27H24F7NO2. The number of aliphatic carboxylic acids is 1. The molecule has 0 bridgehead atoms. The lowest BCUT2D eigenvalue weighted by Crippen LogP contribution is -2.15. The fraction of sp³-hybridized carbons (Fsp3) is 0.296. The summed E-state index contributed by atoms with van der Waals surface area (Å²) < 4.78 is 92.6. The highest BCUT2D eigenvalue weighted by Crippen LogP contribution is 2.36. The fourth-order valence-electron chi connectivity index (χ4n) is 3.99. The number of alkyl halides is 6. The highest BCUT2D eigenvalue weighted by molar-refractivity contribution is 5.79. The van der Waals surface area contributed by atoms with Gasteiger partial charge >= 0.3 is 18.3 Å². The Bertz CT molecular complexity index is 1250. The topological polar surface area (TPSA) is 49.3 Å². The third-order valence-corrected chi connectivity index (χ3v) is 5.77. The largest absolute Gasteiger partial charge is 0.481 e. The van der Waals surface area contributed by atoms with Crippen LogP contribution in [0.3, 0.4) is 0 Å². The van der Waals surface area contributed by atoms with E-state index in [2.05, 4.69) is 5.32 Å². The van der Waals surface area contributed by atoms with E-state index < -0.39 is 41.2 Å². The molecule has 0 aliphatic carbocycles. The Balaban J connectivity index is 2.04. The van der Waals surface area contributed by atoms with E-state index in [1.807, 2.05) is 13.8 Å². The molecule has 0 spiro atoms. The number of hydrogen-bond donors (Lipinski definition) is 2. The van der Waals surface area contributed by atoms with Gasteiger partial charge in [-0.25, -0.2) is 4.39 Å². The van der Waals surface area contributed by atoms with Crippen molar-refractivity contribution in [3.63, 3.8) is 0 Å². The number of halogens is 7. The van der Waals surface area contributed by atoms with Crippen LogP contribution in [0.15, 0.2) is 60.7 Å². The minimum absolute atomic E-state index is 0.000735. The fourth-order valence-corrected chi connectivity index (χ4v) is 3.99. The van der Waals surface area contributed by atoms with E-state index in [0.717, 1.165) is 24.3 Å². The van der Waals surface area contributed by atoms with Crippen molar-refractivity contribution in [3.8, 4) is 11.1 Å². The molecule has 198 valence electrons. The number of nitrogens with one attached hydrogen (secondary N) is 1. The standard InChI is InChI=1S/C27H24F7NO2/c1-15(2)9-23(25(36)37)19-10-18(16-3-6-20(7-4-16)26(29,30)31)11-22(12-19)35-14-17-5-8-21(28)13-24(17)27(32,33)34/h3-8,10-13,15,23,35H,9,14H2,1-2H3,(H,36,37). The number of benzene rings is 3. The molecule has 0 fully saturated rings. The minimum Gasteiger partial charge on any atom is -0.481 e. The average Bonchev–Trinajstić information content (AvgIpc) is 2.80. The zero-order valence-electron chi connectivity index (χ0n) is 19.8. The van der Waals surface area contributed by atoms with Gasteiger partial charge in [0.1, 0.15) is 5.82 Å². The van der Waals surface area contributed by atoms with Gasteiger partial charge in [-0.2, -0.15) is 26.3 Å². The third-order valence-electron chi connectivity index (χ3n) is 5.77. The van der Waals surface area contributed by atoms with Crippen LogP contribution in [0.5, 0.6) is 0 Å². The van der Waals surface area contributed by atoms with Gasteiger partial charge in [-0.1, -0.05) is 38.1 Å². The highest BCUT2D eigenvalue weighted by atomic mass is 19.4. The van der Waals surface area contributed by atoms with Crippen molar-refractivity contribution in [2.24, 2.45) is 5.92 Å². The van der Waals surface area contributed by atoms with Crippen molar-refractivity contribution in [1.82, 2.24) is 0 Å². The molecule has 1 unspecified atom stereocenters. The van der Waals surface area contributed by atoms with Gasteiger partial charge in [0.25, 0.3) is 0 Å². The van der Waals surface area contributed by atoms with Gasteiger partial charge in [-0.05, 0) is 71.0 Å². The van der Waals surface area contributed by atoms with E-state index in [9.17, 15) is 40.6 Å². The van der Waals surface area contributed by atoms with Crippen molar-refractivity contribution in [3.05, 3.63) is 88.7 Å². The summed E-state index contributed by atoms with van der Waals surface area (Å²) in [7, 11) is 0. The third kappa shape index (κ3) is 7.24. The first-order valence-corrected chi connectivity index (χ1v) is 11.3. The average molecular weight is 527 g/mol. The lowest BCUT2D eigenvalue weighted by molar-refractivity contribution is -0.139. The van der Waals surface area contributed by atoms with Crippen LogP contribution in [0.25, 0.3) is 11.1 Å². The van der Waals surface area contributed by atoms with Crippen LogP contribution in [0, 0.1) is 11.7 Å². The molecular weight excluding hydrogens is 503 g/mol. The van der Waals surface area contributed by atoms with Gasteiger partial charge in [0.05, 0.1) is 17.0 Å². The molecule has 3 nitrogen and oxygen atoms in total. The Morgan fingerprint density at radius 1 is 0.865 bits per heavy atom. The molecule has 10 heteroatoms. The van der Waals surface area contributed by atoms with Gasteiger partial charge in [0.2, 0.25) is 0 Å². The summed E-state index contributed by atoms with van der Waals surface area (Å²) >= 11 is 0. The molecule has 37 heavy (non-hydrogen) atoms. The number of hydrogen-bond acceptors (Lipinski definition) is 2. The summed E-state index contributed by atoms with van der Waals surface area (Å²) in [5, 5.41) is 12.6. The number of carboxylic acids is 1.